The summed E-state index contributed by atoms with van der Waals surface area (Å²) in [6.07, 6.45) is 15.6. The number of hydrogen-bond donors (Lipinski definition) is 0. The molecule has 6 aliphatic rings. The fraction of sp³-hybridized carbons (Fsp3) is 0.765. The highest BCUT2D eigenvalue weighted by molar-refractivity contribution is 6.01. The van der Waals surface area contributed by atoms with Gasteiger partial charge in [-0.05, 0) is 104 Å². The van der Waals surface area contributed by atoms with Crippen LogP contribution in [0.2, 0.25) is 0 Å². The SMILES string of the molecule is CC1(C)CCC2(CCC(=O)N3CCCC3)CCC3C(C(=O)C=C4C5(C)C=C(C#N)C(=O)CC5CCC43C)C2C1. The fourth-order valence-corrected chi connectivity index (χ4v) is 10.4. The van der Waals surface area contributed by atoms with Crippen molar-refractivity contribution >= 4 is 17.5 Å². The van der Waals surface area contributed by atoms with Crippen molar-refractivity contribution in [2.24, 2.45) is 45.3 Å². The van der Waals surface area contributed by atoms with E-state index in [-0.39, 0.29) is 45.2 Å². The zero-order valence-corrected chi connectivity index (χ0v) is 24.5. The number of hydrogen-bond acceptors (Lipinski definition) is 4. The molecule has 0 N–H and O–H groups in total. The van der Waals surface area contributed by atoms with Crippen molar-refractivity contribution in [1.29, 1.82) is 5.26 Å². The van der Waals surface area contributed by atoms with Crippen LogP contribution in [0, 0.1) is 56.7 Å². The highest BCUT2D eigenvalue weighted by Crippen LogP contribution is 2.69. The molecule has 1 saturated heterocycles. The molecular formula is C34H46N2O3. The Morgan fingerprint density at radius 3 is 2.49 bits per heavy atom. The maximum Gasteiger partial charge on any atom is 0.222 e. The Balaban J connectivity index is 1.36. The topological polar surface area (TPSA) is 78.2 Å². The van der Waals surface area contributed by atoms with E-state index in [2.05, 4.69) is 38.7 Å². The summed E-state index contributed by atoms with van der Waals surface area (Å²) >= 11 is 0. The molecule has 0 aromatic rings. The maximum absolute atomic E-state index is 14.3. The summed E-state index contributed by atoms with van der Waals surface area (Å²) in [6.45, 7) is 11.1. The molecule has 0 aromatic heterocycles. The van der Waals surface area contributed by atoms with Crippen molar-refractivity contribution in [3.63, 3.8) is 0 Å². The summed E-state index contributed by atoms with van der Waals surface area (Å²) in [5.74, 6) is 1.33. The molecular weight excluding hydrogens is 484 g/mol. The molecule has 5 nitrogen and oxygen atoms in total. The second-order valence-electron chi connectivity index (χ2n) is 15.3. The number of carbonyl (C=O) groups is 3. The van der Waals surface area contributed by atoms with E-state index in [4.69, 9.17) is 0 Å². The van der Waals surface area contributed by atoms with E-state index >= 15 is 0 Å². The van der Waals surface area contributed by atoms with Crippen LogP contribution in [0.3, 0.4) is 0 Å². The highest BCUT2D eigenvalue weighted by atomic mass is 16.2. The summed E-state index contributed by atoms with van der Waals surface area (Å²) in [6, 6.07) is 2.15. The third-order valence-electron chi connectivity index (χ3n) is 12.8. The van der Waals surface area contributed by atoms with Gasteiger partial charge < -0.3 is 4.90 Å². The molecule has 0 spiro atoms. The van der Waals surface area contributed by atoms with Crippen LogP contribution in [0.25, 0.3) is 0 Å². The van der Waals surface area contributed by atoms with Crippen molar-refractivity contribution < 1.29 is 14.4 Å². The van der Waals surface area contributed by atoms with Crippen LogP contribution >= 0.6 is 0 Å². The largest absolute Gasteiger partial charge is 0.343 e. The second-order valence-corrected chi connectivity index (χ2v) is 15.3. The Morgan fingerprint density at radius 2 is 1.77 bits per heavy atom. The van der Waals surface area contributed by atoms with Crippen LogP contribution < -0.4 is 0 Å². The van der Waals surface area contributed by atoms with E-state index < -0.39 is 5.41 Å². The average Bonchev–Trinajstić information content (AvgIpc) is 3.44. The Labute approximate surface area is 234 Å². The minimum Gasteiger partial charge on any atom is -0.343 e. The van der Waals surface area contributed by atoms with E-state index in [0.717, 1.165) is 70.9 Å². The Kier molecular flexibility index (Phi) is 6.33. The predicted octanol–water partition coefficient (Wildman–Crippen LogP) is 6.58. The maximum atomic E-state index is 14.3. The van der Waals surface area contributed by atoms with Crippen molar-refractivity contribution in [1.82, 2.24) is 4.90 Å². The van der Waals surface area contributed by atoms with Gasteiger partial charge in [-0.15, -0.1) is 0 Å². The Morgan fingerprint density at radius 1 is 1.03 bits per heavy atom. The molecule has 7 atom stereocenters. The molecule has 1 amide bonds. The average molecular weight is 531 g/mol. The van der Waals surface area contributed by atoms with Gasteiger partial charge in [-0.2, -0.15) is 5.26 Å². The summed E-state index contributed by atoms with van der Waals surface area (Å²) in [4.78, 5) is 42.1. The molecule has 5 heteroatoms. The predicted molar refractivity (Wildman–Crippen MR) is 150 cm³/mol. The zero-order valence-electron chi connectivity index (χ0n) is 24.5. The number of allylic oxidation sites excluding steroid dienone is 4. The molecule has 0 aromatic carbocycles. The summed E-state index contributed by atoms with van der Waals surface area (Å²) < 4.78 is 0. The first-order chi connectivity index (χ1) is 18.4. The standard InChI is InChI=1S/C34H46N2O3/c1-31(2)13-14-34(12-9-29(39)36-15-5-6-16-36)11-8-24-30(25(34)20-31)27(38)18-28-32(24,3)10-7-23-17-26(37)22(21-35)19-33(23,28)4/h18-19,23-25,30H,5-17,20H2,1-4H3. The molecule has 0 radical (unpaired) electrons. The highest BCUT2D eigenvalue weighted by Gasteiger charge is 2.63. The van der Waals surface area contributed by atoms with Gasteiger partial charge in [0.15, 0.2) is 11.6 Å². The first-order valence-corrected chi connectivity index (χ1v) is 15.6. The van der Waals surface area contributed by atoms with Crippen LogP contribution in [0.5, 0.6) is 0 Å². The molecule has 1 aliphatic heterocycles. The van der Waals surface area contributed by atoms with Crippen LogP contribution in [-0.4, -0.2) is 35.5 Å². The van der Waals surface area contributed by atoms with Gasteiger partial charge >= 0.3 is 0 Å². The van der Waals surface area contributed by atoms with Crippen molar-refractivity contribution in [2.45, 2.75) is 105 Å². The number of nitrogens with zero attached hydrogens (tertiary/aromatic N) is 2. The number of ketones is 2. The first-order valence-electron chi connectivity index (χ1n) is 15.6. The van der Waals surface area contributed by atoms with Gasteiger partial charge in [0.2, 0.25) is 5.91 Å². The minimum absolute atomic E-state index is 0.0127. The van der Waals surface area contributed by atoms with E-state index in [1.54, 1.807) is 0 Å². The normalized spacial score (nSPS) is 42.8. The molecule has 39 heavy (non-hydrogen) atoms. The number of nitriles is 1. The molecule has 3 saturated carbocycles. The number of Topliss-reactive ketones (excluding diaryl/α,β-unsaturated/α-hetero) is 1. The minimum atomic E-state index is -0.408. The number of rotatable bonds is 3. The third kappa shape index (κ3) is 4.10. The summed E-state index contributed by atoms with van der Waals surface area (Å²) in [5, 5.41) is 9.68. The molecule has 6 rings (SSSR count). The number of fused-ring (bicyclic) bond motifs is 7. The van der Waals surface area contributed by atoms with Crippen molar-refractivity contribution in [3.8, 4) is 6.07 Å². The lowest BCUT2D eigenvalue weighted by Crippen LogP contribution is -2.59. The van der Waals surface area contributed by atoms with Gasteiger partial charge in [0, 0.05) is 37.3 Å². The Hall–Kier alpha value is -2.22. The first kappa shape index (κ1) is 27.0. The van der Waals surface area contributed by atoms with Crippen molar-refractivity contribution in [2.75, 3.05) is 13.1 Å². The van der Waals surface area contributed by atoms with Gasteiger partial charge in [-0.25, -0.2) is 0 Å². The smallest absolute Gasteiger partial charge is 0.222 e. The molecule has 5 aliphatic carbocycles. The third-order valence-corrected chi connectivity index (χ3v) is 12.8. The lowest BCUT2D eigenvalue weighted by molar-refractivity contribution is -0.148. The fourth-order valence-electron chi connectivity index (χ4n) is 10.4. The van der Waals surface area contributed by atoms with E-state index in [9.17, 15) is 19.6 Å². The summed E-state index contributed by atoms with van der Waals surface area (Å²) in [5.41, 5.74) is 1.24. The number of likely N-dealkylation sites (tertiary alicyclic amines) is 1. The molecule has 7 unspecified atom stereocenters. The number of carbonyl (C=O) groups excluding carboxylic acids is 3. The van der Waals surface area contributed by atoms with Crippen LogP contribution in [-0.2, 0) is 14.4 Å². The monoisotopic (exact) mass is 530 g/mol. The summed E-state index contributed by atoms with van der Waals surface area (Å²) in [7, 11) is 0. The van der Waals surface area contributed by atoms with Crippen LogP contribution in [0.4, 0.5) is 0 Å². The number of amides is 1. The van der Waals surface area contributed by atoms with E-state index in [0.29, 0.717) is 30.6 Å². The van der Waals surface area contributed by atoms with Crippen molar-refractivity contribution in [3.05, 3.63) is 23.3 Å². The molecule has 1 heterocycles. The Bertz CT molecular complexity index is 1200. The van der Waals surface area contributed by atoms with E-state index in [1.807, 2.05) is 12.2 Å². The quantitative estimate of drug-likeness (QED) is 0.413. The lowest BCUT2D eigenvalue weighted by atomic mass is 9.39. The molecule has 4 fully saturated rings. The van der Waals surface area contributed by atoms with E-state index in [1.165, 1.54) is 12.0 Å². The van der Waals surface area contributed by atoms with Gasteiger partial charge in [0.05, 0.1) is 5.57 Å². The zero-order chi connectivity index (χ0) is 27.8. The van der Waals surface area contributed by atoms with Gasteiger partial charge in [0.25, 0.3) is 0 Å². The molecule has 210 valence electrons. The second kappa shape index (κ2) is 9.15. The molecule has 0 bridgehead atoms. The van der Waals surface area contributed by atoms with Gasteiger partial charge in [0.1, 0.15) is 6.07 Å². The lowest BCUT2D eigenvalue weighted by Gasteiger charge is -2.64. The van der Waals surface area contributed by atoms with Crippen LogP contribution in [0.15, 0.2) is 23.3 Å². The van der Waals surface area contributed by atoms with Gasteiger partial charge in [-0.1, -0.05) is 39.3 Å². The van der Waals surface area contributed by atoms with Crippen LogP contribution in [0.1, 0.15) is 105 Å². The van der Waals surface area contributed by atoms with Gasteiger partial charge in [-0.3, -0.25) is 14.4 Å².